The van der Waals surface area contributed by atoms with Gasteiger partial charge in [0.05, 0.1) is 17.9 Å². The highest BCUT2D eigenvalue weighted by Crippen LogP contribution is 2.23. The van der Waals surface area contributed by atoms with Crippen molar-refractivity contribution in [1.82, 2.24) is 20.2 Å². The van der Waals surface area contributed by atoms with Crippen LogP contribution in [0.15, 0.2) is 35.2 Å². The van der Waals surface area contributed by atoms with E-state index in [0.29, 0.717) is 0 Å². The van der Waals surface area contributed by atoms with Gasteiger partial charge in [0.15, 0.2) is 0 Å². The number of pyridine rings is 1. The lowest BCUT2D eigenvalue weighted by molar-refractivity contribution is 0.502. The highest BCUT2D eigenvalue weighted by atomic mass is 79.9. The molecule has 2 aromatic heterocycles. The second-order valence-corrected chi connectivity index (χ2v) is 5.00. The second-order valence-electron chi connectivity index (χ2n) is 4.15. The number of hydrogen-bond acceptors (Lipinski definition) is 4. The van der Waals surface area contributed by atoms with E-state index < -0.39 is 0 Å². The summed E-state index contributed by atoms with van der Waals surface area (Å²) in [6.45, 7) is 0. The number of halogens is 1. The minimum absolute atomic E-state index is 0.0285. The van der Waals surface area contributed by atoms with Gasteiger partial charge in [0.2, 0.25) is 0 Å². The number of aryl methyl sites for hydroxylation is 2. The molecule has 2 heterocycles. The predicted molar refractivity (Wildman–Crippen MR) is 73.5 cm³/mol. The van der Waals surface area contributed by atoms with Gasteiger partial charge < -0.3 is 0 Å². The molecule has 0 aliphatic heterocycles. The molecule has 0 aliphatic rings. The second kappa shape index (κ2) is 6.08. The highest BCUT2D eigenvalue weighted by molar-refractivity contribution is 9.10. The molecule has 0 aliphatic carbocycles. The van der Waals surface area contributed by atoms with Crippen molar-refractivity contribution >= 4 is 15.9 Å². The molecule has 0 saturated heterocycles. The summed E-state index contributed by atoms with van der Waals surface area (Å²) in [6, 6.07) is 3.89. The maximum absolute atomic E-state index is 5.61. The van der Waals surface area contributed by atoms with Crippen LogP contribution in [0.4, 0.5) is 0 Å². The van der Waals surface area contributed by atoms with Gasteiger partial charge in [-0.15, -0.1) is 0 Å². The lowest BCUT2D eigenvalue weighted by Gasteiger charge is -2.16. The molecule has 0 fully saturated rings. The highest BCUT2D eigenvalue weighted by Gasteiger charge is 2.14. The Morgan fingerprint density at radius 2 is 2.39 bits per heavy atom. The molecule has 0 spiro atoms. The largest absolute Gasteiger partial charge is 0.276 e. The van der Waals surface area contributed by atoms with Crippen molar-refractivity contribution < 1.29 is 0 Å². The first kappa shape index (κ1) is 13.2. The van der Waals surface area contributed by atoms with Crippen molar-refractivity contribution in [2.45, 2.75) is 18.9 Å². The first-order valence-electron chi connectivity index (χ1n) is 5.74. The van der Waals surface area contributed by atoms with Gasteiger partial charge in [-0.2, -0.15) is 5.10 Å². The van der Waals surface area contributed by atoms with Crippen LogP contribution in [-0.2, 0) is 13.5 Å². The molecule has 1 unspecified atom stereocenters. The number of nitrogens with one attached hydrogen (secondary N) is 1. The smallest absolute Gasteiger partial charge is 0.0728 e. The molecule has 18 heavy (non-hydrogen) atoms. The average Bonchev–Trinajstić information content (AvgIpc) is 2.78. The lowest BCUT2D eigenvalue weighted by atomic mass is 10.1. The van der Waals surface area contributed by atoms with Crippen LogP contribution in [0.1, 0.15) is 23.7 Å². The summed E-state index contributed by atoms with van der Waals surface area (Å²) in [5.41, 5.74) is 4.95. The van der Waals surface area contributed by atoms with Gasteiger partial charge in [-0.05, 0) is 46.5 Å². The third kappa shape index (κ3) is 3.16. The number of hydrazine groups is 1. The van der Waals surface area contributed by atoms with Crippen LogP contribution in [0.3, 0.4) is 0 Å². The van der Waals surface area contributed by atoms with Crippen molar-refractivity contribution in [3.8, 4) is 0 Å². The Balaban J connectivity index is 2.04. The van der Waals surface area contributed by atoms with Gasteiger partial charge >= 0.3 is 0 Å². The van der Waals surface area contributed by atoms with Gasteiger partial charge in [-0.1, -0.05) is 0 Å². The third-order valence-electron chi connectivity index (χ3n) is 2.80. The average molecular weight is 310 g/mol. The molecule has 3 N–H and O–H groups in total. The summed E-state index contributed by atoms with van der Waals surface area (Å²) in [5, 5.41) is 4.15. The molecule has 1 atom stereocenters. The third-order valence-corrected chi connectivity index (χ3v) is 3.47. The van der Waals surface area contributed by atoms with Gasteiger partial charge in [-0.25, -0.2) is 0 Å². The molecular weight excluding hydrogens is 294 g/mol. The minimum Gasteiger partial charge on any atom is -0.276 e. The quantitative estimate of drug-likeness (QED) is 0.652. The van der Waals surface area contributed by atoms with Crippen LogP contribution < -0.4 is 11.3 Å². The van der Waals surface area contributed by atoms with E-state index in [1.54, 1.807) is 10.9 Å². The first-order valence-corrected chi connectivity index (χ1v) is 6.54. The van der Waals surface area contributed by atoms with E-state index in [0.717, 1.165) is 23.0 Å². The number of nitrogens with two attached hydrogens (primary N) is 1. The zero-order valence-electron chi connectivity index (χ0n) is 10.2. The fraction of sp³-hybridized carbons (Fsp3) is 0.333. The van der Waals surface area contributed by atoms with Crippen LogP contribution in [0.2, 0.25) is 0 Å². The topological polar surface area (TPSA) is 68.8 Å². The van der Waals surface area contributed by atoms with Crippen molar-refractivity contribution in [1.29, 1.82) is 0 Å². The molecule has 6 heteroatoms. The standard InChI is InChI=1S/C12H16BrN5/c1-18-8-9(7-16-18)4-5-11(17-14)12-10(13)3-2-6-15-12/h2-3,6-8,11,17H,4-5,14H2,1H3. The Morgan fingerprint density at radius 1 is 1.56 bits per heavy atom. The molecule has 96 valence electrons. The van der Waals surface area contributed by atoms with E-state index in [4.69, 9.17) is 5.84 Å². The van der Waals surface area contributed by atoms with E-state index in [1.165, 1.54) is 5.56 Å². The summed E-state index contributed by atoms with van der Waals surface area (Å²) < 4.78 is 2.77. The van der Waals surface area contributed by atoms with Gasteiger partial charge in [-0.3, -0.25) is 20.9 Å². The number of aromatic nitrogens is 3. The van der Waals surface area contributed by atoms with Gasteiger partial charge in [0.25, 0.3) is 0 Å². The molecule has 0 bridgehead atoms. The monoisotopic (exact) mass is 309 g/mol. The fourth-order valence-corrected chi connectivity index (χ4v) is 2.40. The van der Waals surface area contributed by atoms with Gasteiger partial charge in [0, 0.05) is 23.9 Å². The Morgan fingerprint density at radius 3 is 3.00 bits per heavy atom. The normalized spacial score (nSPS) is 12.6. The molecule has 0 amide bonds. The number of hydrogen-bond donors (Lipinski definition) is 2. The maximum Gasteiger partial charge on any atom is 0.0728 e. The zero-order chi connectivity index (χ0) is 13.0. The van der Waals surface area contributed by atoms with Crippen LogP contribution in [0.25, 0.3) is 0 Å². The molecular formula is C12H16BrN5. The molecule has 0 aromatic carbocycles. The Labute approximate surface area is 115 Å². The summed E-state index contributed by atoms with van der Waals surface area (Å²) >= 11 is 3.49. The van der Waals surface area contributed by atoms with Crippen molar-refractivity contribution in [2.75, 3.05) is 0 Å². The molecule has 2 rings (SSSR count). The first-order chi connectivity index (χ1) is 8.70. The predicted octanol–water partition coefficient (Wildman–Crippen LogP) is 1.71. The number of nitrogens with zero attached hydrogens (tertiary/aromatic N) is 3. The summed E-state index contributed by atoms with van der Waals surface area (Å²) in [4.78, 5) is 4.36. The van der Waals surface area contributed by atoms with E-state index in [-0.39, 0.29) is 6.04 Å². The van der Waals surface area contributed by atoms with Crippen molar-refractivity contribution in [2.24, 2.45) is 12.9 Å². The van der Waals surface area contributed by atoms with Crippen LogP contribution in [0, 0.1) is 0 Å². The fourth-order valence-electron chi connectivity index (χ4n) is 1.87. The maximum atomic E-state index is 5.61. The summed E-state index contributed by atoms with van der Waals surface area (Å²) in [6.07, 6.45) is 7.44. The van der Waals surface area contributed by atoms with Crippen LogP contribution >= 0.6 is 15.9 Å². The Hall–Kier alpha value is -1.24. The van der Waals surface area contributed by atoms with E-state index in [2.05, 4.69) is 31.4 Å². The molecule has 2 aromatic rings. The summed E-state index contributed by atoms with van der Waals surface area (Å²) in [5.74, 6) is 5.61. The Kier molecular flexibility index (Phi) is 4.46. The van der Waals surface area contributed by atoms with Gasteiger partial charge in [0.1, 0.15) is 0 Å². The zero-order valence-corrected chi connectivity index (χ0v) is 11.8. The molecule has 0 radical (unpaired) electrons. The van der Waals surface area contributed by atoms with Crippen LogP contribution in [0.5, 0.6) is 0 Å². The molecule has 5 nitrogen and oxygen atoms in total. The Bertz CT molecular complexity index is 511. The van der Waals surface area contributed by atoms with E-state index in [1.807, 2.05) is 31.6 Å². The van der Waals surface area contributed by atoms with E-state index in [9.17, 15) is 0 Å². The van der Waals surface area contributed by atoms with Crippen molar-refractivity contribution in [3.63, 3.8) is 0 Å². The van der Waals surface area contributed by atoms with Crippen LogP contribution in [-0.4, -0.2) is 14.8 Å². The SMILES string of the molecule is Cn1cc(CCC(NN)c2ncccc2Br)cn1. The van der Waals surface area contributed by atoms with Crippen molar-refractivity contribution in [3.05, 3.63) is 46.5 Å². The minimum atomic E-state index is 0.0285. The lowest BCUT2D eigenvalue weighted by Crippen LogP contribution is -2.29. The summed E-state index contributed by atoms with van der Waals surface area (Å²) in [7, 11) is 1.91. The van der Waals surface area contributed by atoms with E-state index >= 15 is 0 Å². The molecule has 0 saturated carbocycles. The number of rotatable bonds is 5.